The number of aromatic nitrogens is 1. The van der Waals surface area contributed by atoms with Crippen molar-refractivity contribution in [3.05, 3.63) is 138 Å². The van der Waals surface area contributed by atoms with E-state index in [0.717, 1.165) is 67.1 Å². The van der Waals surface area contributed by atoms with Crippen molar-refractivity contribution in [1.29, 1.82) is 0 Å². The van der Waals surface area contributed by atoms with Gasteiger partial charge in [0.1, 0.15) is 0 Å². The van der Waals surface area contributed by atoms with Gasteiger partial charge in [-0.05, 0) is 93.0 Å². The van der Waals surface area contributed by atoms with Crippen molar-refractivity contribution in [1.82, 2.24) is 10.3 Å². The maximum absolute atomic E-state index is 4.35. The molecule has 0 unspecified atom stereocenters. The topological polar surface area (TPSA) is 43.1 Å². The minimum atomic E-state index is 0.820. The summed E-state index contributed by atoms with van der Waals surface area (Å²) in [5.74, 6) is 0. The van der Waals surface area contributed by atoms with Crippen LogP contribution in [0.4, 0.5) is 11.4 Å². The normalized spacial score (nSPS) is 11.3. The number of fused-ring (bicyclic) bond motifs is 1. The predicted octanol–water partition coefficient (Wildman–Crippen LogP) is 10.3. The minimum Gasteiger partial charge on any atom is -0.385 e. The van der Waals surface area contributed by atoms with E-state index in [2.05, 4.69) is 147 Å². The van der Waals surface area contributed by atoms with Crippen molar-refractivity contribution in [2.45, 2.75) is 60.8 Å². The Bertz CT molecular complexity index is 1540. The van der Waals surface area contributed by atoms with Gasteiger partial charge in [0.25, 0.3) is 0 Å². The van der Waals surface area contributed by atoms with Gasteiger partial charge in [-0.25, -0.2) is 0 Å². The lowest BCUT2D eigenvalue weighted by Crippen LogP contribution is -2.26. The zero-order valence-corrected chi connectivity index (χ0v) is 27.8. The Morgan fingerprint density at radius 2 is 1.57 bits per heavy atom. The first kappa shape index (κ1) is 34.1. The van der Waals surface area contributed by atoms with Crippen molar-refractivity contribution in [2.24, 2.45) is 0 Å². The van der Waals surface area contributed by atoms with E-state index in [9.17, 15) is 0 Å². The van der Waals surface area contributed by atoms with Gasteiger partial charge in [-0.15, -0.1) is 0 Å². The van der Waals surface area contributed by atoms with Crippen LogP contribution < -0.4 is 15.5 Å². The van der Waals surface area contributed by atoms with E-state index in [-0.39, 0.29) is 0 Å². The molecule has 1 heterocycles. The first-order valence-corrected chi connectivity index (χ1v) is 15.9. The fourth-order valence-corrected chi connectivity index (χ4v) is 5.05. The van der Waals surface area contributed by atoms with Gasteiger partial charge in [-0.1, -0.05) is 93.8 Å². The fraction of sp³-hybridized carbons (Fsp3) is 0.300. The van der Waals surface area contributed by atoms with Crippen molar-refractivity contribution in [3.8, 4) is 0 Å². The molecule has 0 aliphatic rings. The number of aromatic amines is 1. The van der Waals surface area contributed by atoms with Crippen molar-refractivity contribution < 1.29 is 0 Å². The number of H-pyrrole nitrogens is 1. The Morgan fingerprint density at radius 1 is 0.909 bits per heavy atom. The van der Waals surface area contributed by atoms with Crippen molar-refractivity contribution >= 4 is 28.0 Å². The molecule has 3 N–H and O–H groups in total. The highest BCUT2D eigenvalue weighted by Gasteiger charge is 2.14. The summed E-state index contributed by atoms with van der Waals surface area (Å²) in [5, 5.41) is 8.42. The average Bonchev–Trinajstić information content (AvgIpc) is 3.44. The lowest BCUT2D eigenvalue weighted by molar-refractivity contribution is 0.745. The number of nitrogens with zero attached hydrogens (tertiary/aromatic N) is 1. The molecule has 0 aliphatic carbocycles. The Hall–Kier alpha value is -4.44. The number of aryl methyl sites for hydroxylation is 2. The van der Waals surface area contributed by atoms with Gasteiger partial charge in [0.05, 0.1) is 11.4 Å². The van der Waals surface area contributed by atoms with Crippen LogP contribution in [-0.2, 0) is 6.42 Å². The molecule has 4 rings (SSSR count). The summed E-state index contributed by atoms with van der Waals surface area (Å²) in [4.78, 5) is 5.82. The SMILES string of the molecule is C=C(Nc1cc(C(=C)NCCc2c[nH]c3ccccc23)ccc1N(CCC)CCC)/C(C)=C/C=C\C.Cc1ccccc1C. The highest BCUT2D eigenvalue weighted by atomic mass is 15.1. The molecule has 4 heteroatoms. The largest absolute Gasteiger partial charge is 0.385 e. The van der Waals surface area contributed by atoms with Gasteiger partial charge in [0.15, 0.2) is 0 Å². The number of hydrogen-bond donors (Lipinski definition) is 3. The molecule has 0 saturated carbocycles. The van der Waals surface area contributed by atoms with E-state index in [4.69, 9.17) is 0 Å². The standard InChI is InChI=1S/C32H42N4.C8H10/c1-7-10-13-24(4)25(5)35-31-22-27(16-17-32(31)36(20-8-2)21-9-3)26(6)33-19-18-28-23-34-30-15-12-11-14-29(28)30;1-7-5-3-4-6-8(7)2/h7,10-17,22-23,33-35H,5-6,8-9,18-21H2,1-4H3;3-6H,1-2H3/b10-7-,24-13+;. The zero-order chi connectivity index (χ0) is 31.9. The third-order valence-corrected chi connectivity index (χ3v) is 7.81. The first-order chi connectivity index (χ1) is 21.3. The third-order valence-electron chi connectivity index (χ3n) is 7.81. The van der Waals surface area contributed by atoms with E-state index in [1.165, 1.54) is 33.3 Å². The van der Waals surface area contributed by atoms with E-state index >= 15 is 0 Å². The van der Waals surface area contributed by atoms with Crippen molar-refractivity contribution in [3.63, 3.8) is 0 Å². The molecule has 0 amide bonds. The summed E-state index contributed by atoms with van der Waals surface area (Å²) < 4.78 is 0. The minimum absolute atomic E-state index is 0.820. The lowest BCUT2D eigenvalue weighted by Gasteiger charge is -2.28. The van der Waals surface area contributed by atoms with Gasteiger partial charge in [0.2, 0.25) is 0 Å². The third kappa shape index (κ3) is 9.80. The summed E-state index contributed by atoms with van der Waals surface area (Å²) in [6.07, 6.45) is 11.4. The molecule has 0 fully saturated rings. The van der Waals surface area contributed by atoms with Gasteiger partial charge >= 0.3 is 0 Å². The highest BCUT2D eigenvalue weighted by Crippen LogP contribution is 2.31. The number of rotatable bonds is 14. The van der Waals surface area contributed by atoms with Crippen LogP contribution in [0, 0.1) is 13.8 Å². The second-order valence-electron chi connectivity index (χ2n) is 11.3. The van der Waals surface area contributed by atoms with Crippen molar-refractivity contribution in [2.75, 3.05) is 29.9 Å². The molecule has 3 aromatic carbocycles. The Balaban J connectivity index is 0.000000572. The molecule has 44 heavy (non-hydrogen) atoms. The summed E-state index contributed by atoms with van der Waals surface area (Å²) >= 11 is 0. The molecule has 4 aromatic rings. The highest BCUT2D eigenvalue weighted by molar-refractivity contribution is 5.83. The molecule has 0 bridgehead atoms. The molecule has 0 saturated heterocycles. The van der Waals surface area contributed by atoms with Crippen LogP contribution in [0.1, 0.15) is 62.8 Å². The number of hydrogen-bond acceptors (Lipinski definition) is 3. The molecule has 0 radical (unpaired) electrons. The fourth-order valence-electron chi connectivity index (χ4n) is 5.05. The Labute approximate surface area is 266 Å². The summed E-state index contributed by atoms with van der Waals surface area (Å²) in [6, 6.07) is 23.4. The van der Waals surface area contributed by atoms with E-state index in [1.54, 1.807) is 0 Å². The molecule has 0 spiro atoms. The van der Waals surface area contributed by atoms with Gasteiger partial charge < -0.3 is 20.5 Å². The van der Waals surface area contributed by atoms with Crippen LogP contribution >= 0.6 is 0 Å². The molecule has 0 aliphatic heterocycles. The summed E-state index contributed by atoms with van der Waals surface area (Å²) in [5.41, 5.74) is 11.5. The Kier molecular flexibility index (Phi) is 13.6. The monoisotopic (exact) mass is 588 g/mol. The van der Waals surface area contributed by atoms with Gasteiger partial charge in [-0.3, -0.25) is 0 Å². The smallest absolute Gasteiger partial charge is 0.0628 e. The quantitative estimate of drug-likeness (QED) is 0.128. The van der Waals surface area contributed by atoms with E-state index in [0.29, 0.717) is 0 Å². The number of benzene rings is 3. The van der Waals surface area contributed by atoms with Crippen LogP contribution in [0.2, 0.25) is 0 Å². The maximum atomic E-state index is 4.35. The lowest BCUT2D eigenvalue weighted by atomic mass is 10.1. The maximum Gasteiger partial charge on any atom is 0.0628 e. The van der Waals surface area contributed by atoms with Crippen LogP contribution in [0.3, 0.4) is 0 Å². The second kappa shape index (κ2) is 17.6. The molecule has 0 atom stereocenters. The molecule has 4 nitrogen and oxygen atoms in total. The predicted molar refractivity (Wildman–Crippen MR) is 196 cm³/mol. The molecule has 1 aromatic heterocycles. The van der Waals surface area contributed by atoms with Gasteiger partial charge in [0, 0.05) is 48.1 Å². The first-order valence-electron chi connectivity index (χ1n) is 15.9. The summed E-state index contributed by atoms with van der Waals surface area (Å²) in [7, 11) is 0. The number of para-hydroxylation sites is 1. The van der Waals surface area contributed by atoms with Crippen LogP contribution in [0.25, 0.3) is 16.6 Å². The number of allylic oxidation sites excluding steroid dienone is 4. The van der Waals surface area contributed by atoms with Gasteiger partial charge in [-0.2, -0.15) is 0 Å². The molecular weight excluding hydrogens is 536 g/mol. The second-order valence-corrected chi connectivity index (χ2v) is 11.3. The summed E-state index contributed by atoms with van der Waals surface area (Å²) in [6.45, 7) is 24.3. The van der Waals surface area contributed by atoms with Crippen LogP contribution in [-0.4, -0.2) is 24.6 Å². The zero-order valence-electron chi connectivity index (χ0n) is 27.8. The number of nitrogens with one attached hydrogen (secondary N) is 3. The van der Waals surface area contributed by atoms with E-state index in [1.807, 2.05) is 19.1 Å². The van der Waals surface area contributed by atoms with Crippen LogP contribution in [0.5, 0.6) is 0 Å². The average molecular weight is 589 g/mol. The Morgan fingerprint density at radius 3 is 2.20 bits per heavy atom. The molecule has 232 valence electrons. The molecular formula is C40H52N4. The number of anilines is 2. The van der Waals surface area contributed by atoms with Crippen LogP contribution in [0.15, 0.2) is 116 Å². The van der Waals surface area contributed by atoms with E-state index < -0.39 is 0 Å².